The second-order valence-corrected chi connectivity index (χ2v) is 3.43. The van der Waals surface area contributed by atoms with Crippen LogP contribution >= 0.6 is 0 Å². The maximum absolute atomic E-state index is 9.58. The average Bonchev–Trinajstić information content (AvgIpc) is 2.48. The number of phenolic OH excluding ortho intramolecular Hbond substituents is 2. The normalized spacial score (nSPS) is 8.63. The maximum atomic E-state index is 9.58. The Labute approximate surface area is 116 Å². The van der Waals surface area contributed by atoms with Crippen molar-refractivity contribution in [3.8, 4) is 11.5 Å². The van der Waals surface area contributed by atoms with Gasteiger partial charge in [-0.1, -0.05) is 64.1 Å². The van der Waals surface area contributed by atoms with Gasteiger partial charge in [0.1, 0.15) is 11.5 Å². The fourth-order valence-electron chi connectivity index (χ4n) is 1.53. The minimum absolute atomic E-state index is 0.265. The lowest BCUT2D eigenvalue weighted by Crippen LogP contribution is -1.88. The van der Waals surface area contributed by atoms with Crippen molar-refractivity contribution in [3.05, 3.63) is 59.7 Å². The third-order valence-electron chi connectivity index (χ3n) is 2.36. The first-order valence-corrected chi connectivity index (χ1v) is 6.81. The Morgan fingerprint density at radius 1 is 0.632 bits per heavy atom. The highest BCUT2D eigenvalue weighted by Crippen LogP contribution is 2.24. The predicted octanol–water partition coefficient (Wildman–Crippen LogP) is 4.74. The van der Waals surface area contributed by atoms with Gasteiger partial charge in [-0.2, -0.15) is 0 Å². The highest BCUT2D eigenvalue weighted by molar-refractivity contribution is 5.41. The van der Waals surface area contributed by atoms with Crippen LogP contribution < -0.4 is 0 Å². The molecule has 0 radical (unpaired) electrons. The second kappa shape index (κ2) is 10.0. The van der Waals surface area contributed by atoms with Crippen LogP contribution in [0.3, 0.4) is 0 Å². The Hall–Kier alpha value is -1.96. The lowest BCUT2D eigenvalue weighted by molar-refractivity contribution is 0.463. The molecule has 0 saturated carbocycles. The van der Waals surface area contributed by atoms with Gasteiger partial charge < -0.3 is 10.2 Å². The van der Waals surface area contributed by atoms with Crippen LogP contribution in [0.4, 0.5) is 0 Å². The molecule has 0 unspecified atom stereocenters. The van der Waals surface area contributed by atoms with Gasteiger partial charge in [0.15, 0.2) is 0 Å². The number of hydrogen-bond acceptors (Lipinski definition) is 2. The number of phenols is 2. The van der Waals surface area contributed by atoms with Crippen molar-refractivity contribution in [2.24, 2.45) is 0 Å². The monoisotopic (exact) mass is 260 g/mol. The number of para-hydroxylation sites is 2. The molecule has 0 aromatic heterocycles. The summed E-state index contributed by atoms with van der Waals surface area (Å²) in [5.74, 6) is 0.529. The molecule has 104 valence electrons. The highest BCUT2D eigenvalue weighted by Gasteiger charge is 2.04. The summed E-state index contributed by atoms with van der Waals surface area (Å²) in [4.78, 5) is 0. The van der Waals surface area contributed by atoms with E-state index in [-0.39, 0.29) is 11.5 Å². The largest absolute Gasteiger partial charge is 0.508 e. The molecule has 2 nitrogen and oxygen atoms in total. The van der Waals surface area contributed by atoms with Crippen molar-refractivity contribution in [2.45, 2.75) is 34.1 Å². The van der Waals surface area contributed by atoms with E-state index in [1.54, 1.807) is 24.3 Å². The minimum Gasteiger partial charge on any atom is -0.508 e. The number of rotatable bonds is 2. The standard InChI is InChI=1S/C13H12O2.2C2H6/c14-12-7-3-1-5-10(12)9-11-6-2-4-8-13(11)15;2*1-2/h1-8,14-15H,9H2;2*1-2H3. The summed E-state index contributed by atoms with van der Waals surface area (Å²) in [7, 11) is 0. The van der Waals surface area contributed by atoms with Crippen LogP contribution in [0.1, 0.15) is 38.8 Å². The topological polar surface area (TPSA) is 40.5 Å². The van der Waals surface area contributed by atoms with Gasteiger partial charge in [-0.05, 0) is 23.3 Å². The molecule has 2 aromatic carbocycles. The van der Waals surface area contributed by atoms with Gasteiger partial charge >= 0.3 is 0 Å². The zero-order chi connectivity index (χ0) is 14.7. The summed E-state index contributed by atoms with van der Waals surface area (Å²) in [5.41, 5.74) is 1.64. The summed E-state index contributed by atoms with van der Waals surface area (Å²) < 4.78 is 0. The van der Waals surface area contributed by atoms with Crippen LogP contribution in [0.25, 0.3) is 0 Å². The lowest BCUT2D eigenvalue weighted by Gasteiger charge is -2.05. The van der Waals surface area contributed by atoms with Gasteiger partial charge in [0, 0.05) is 6.42 Å². The molecule has 0 amide bonds. The van der Waals surface area contributed by atoms with Gasteiger partial charge in [0.25, 0.3) is 0 Å². The fraction of sp³-hybridized carbons (Fsp3) is 0.294. The molecule has 0 aliphatic rings. The summed E-state index contributed by atoms with van der Waals surface area (Å²) in [6, 6.07) is 14.3. The summed E-state index contributed by atoms with van der Waals surface area (Å²) in [6.07, 6.45) is 0.541. The highest BCUT2D eigenvalue weighted by atomic mass is 16.3. The first kappa shape index (κ1) is 17.0. The van der Waals surface area contributed by atoms with Crippen LogP contribution in [-0.2, 0) is 6.42 Å². The van der Waals surface area contributed by atoms with E-state index >= 15 is 0 Å². The molecule has 0 bridgehead atoms. The van der Waals surface area contributed by atoms with Crippen molar-refractivity contribution < 1.29 is 10.2 Å². The smallest absolute Gasteiger partial charge is 0.119 e. The van der Waals surface area contributed by atoms with E-state index in [0.717, 1.165) is 11.1 Å². The predicted molar refractivity (Wildman–Crippen MR) is 81.7 cm³/mol. The molecule has 2 aromatic rings. The first-order valence-electron chi connectivity index (χ1n) is 6.81. The van der Waals surface area contributed by atoms with Crippen molar-refractivity contribution >= 4 is 0 Å². The van der Waals surface area contributed by atoms with Crippen LogP contribution in [0.2, 0.25) is 0 Å². The molecule has 0 aliphatic heterocycles. The van der Waals surface area contributed by atoms with E-state index in [1.165, 1.54) is 0 Å². The molecule has 0 spiro atoms. The Bertz CT molecular complexity index is 421. The molecular formula is C17H24O2. The van der Waals surface area contributed by atoms with Crippen LogP contribution in [0.5, 0.6) is 11.5 Å². The zero-order valence-corrected chi connectivity index (χ0v) is 12.2. The molecule has 2 N–H and O–H groups in total. The zero-order valence-electron chi connectivity index (χ0n) is 12.2. The summed E-state index contributed by atoms with van der Waals surface area (Å²) in [5, 5.41) is 19.2. The molecule has 19 heavy (non-hydrogen) atoms. The van der Waals surface area contributed by atoms with Gasteiger partial charge in [0.05, 0.1) is 0 Å². The number of aromatic hydroxyl groups is 2. The molecule has 0 heterocycles. The molecule has 2 rings (SSSR count). The Kier molecular flexibility index (Phi) is 8.98. The SMILES string of the molecule is CC.CC.Oc1ccccc1Cc1ccccc1O. The van der Waals surface area contributed by atoms with Gasteiger partial charge in [-0.3, -0.25) is 0 Å². The van der Waals surface area contributed by atoms with Crippen molar-refractivity contribution in [1.82, 2.24) is 0 Å². The van der Waals surface area contributed by atoms with Crippen molar-refractivity contribution in [3.63, 3.8) is 0 Å². The second-order valence-electron chi connectivity index (χ2n) is 3.43. The van der Waals surface area contributed by atoms with E-state index in [4.69, 9.17) is 0 Å². The Morgan fingerprint density at radius 2 is 0.947 bits per heavy atom. The van der Waals surface area contributed by atoms with E-state index < -0.39 is 0 Å². The first-order chi connectivity index (χ1) is 9.27. The summed E-state index contributed by atoms with van der Waals surface area (Å²) >= 11 is 0. The third-order valence-corrected chi connectivity index (χ3v) is 2.36. The van der Waals surface area contributed by atoms with Crippen molar-refractivity contribution in [2.75, 3.05) is 0 Å². The summed E-state index contributed by atoms with van der Waals surface area (Å²) in [6.45, 7) is 8.00. The molecular weight excluding hydrogens is 236 g/mol. The molecule has 0 saturated heterocycles. The van der Waals surface area contributed by atoms with Gasteiger partial charge in [-0.15, -0.1) is 0 Å². The molecule has 2 heteroatoms. The fourth-order valence-corrected chi connectivity index (χ4v) is 1.53. The molecule has 0 atom stereocenters. The quantitative estimate of drug-likeness (QED) is 0.818. The van der Waals surface area contributed by atoms with Crippen LogP contribution in [-0.4, -0.2) is 10.2 Å². The van der Waals surface area contributed by atoms with E-state index in [9.17, 15) is 10.2 Å². The molecule has 0 aliphatic carbocycles. The Balaban J connectivity index is 0.000000741. The van der Waals surface area contributed by atoms with Crippen LogP contribution in [0.15, 0.2) is 48.5 Å². The number of hydrogen-bond donors (Lipinski definition) is 2. The average molecular weight is 260 g/mol. The Morgan fingerprint density at radius 3 is 1.26 bits per heavy atom. The minimum atomic E-state index is 0.265. The van der Waals surface area contributed by atoms with Gasteiger partial charge in [-0.25, -0.2) is 0 Å². The lowest BCUT2D eigenvalue weighted by atomic mass is 10.0. The van der Waals surface area contributed by atoms with E-state index in [0.29, 0.717) is 6.42 Å². The van der Waals surface area contributed by atoms with E-state index in [1.807, 2.05) is 52.0 Å². The van der Waals surface area contributed by atoms with Crippen molar-refractivity contribution in [1.29, 1.82) is 0 Å². The molecule has 0 fully saturated rings. The van der Waals surface area contributed by atoms with E-state index in [2.05, 4.69) is 0 Å². The maximum Gasteiger partial charge on any atom is 0.119 e. The number of benzene rings is 2. The van der Waals surface area contributed by atoms with Crippen LogP contribution in [0, 0.1) is 0 Å². The third kappa shape index (κ3) is 5.47. The van der Waals surface area contributed by atoms with Gasteiger partial charge in [0.2, 0.25) is 0 Å².